The molecule has 0 saturated heterocycles. The van der Waals surface area contributed by atoms with Crippen LogP contribution < -0.4 is 0 Å². The largest absolute Gasteiger partial charge is 0.332 e. The fraction of sp³-hybridized carbons (Fsp3) is 0.750. The summed E-state index contributed by atoms with van der Waals surface area (Å²) in [6, 6.07) is 0. The number of rotatable bonds is 1. The van der Waals surface area contributed by atoms with E-state index in [4.69, 9.17) is 0 Å². The van der Waals surface area contributed by atoms with Crippen LogP contribution in [-0.4, -0.2) is 0 Å². The molecule has 10 heavy (non-hydrogen) atoms. The van der Waals surface area contributed by atoms with E-state index < -0.39 is 0 Å². The molecule has 0 unspecified atom stereocenters. The maximum Gasteiger partial charge on any atom is 0 e. The first-order chi connectivity index (χ1) is 1.91. The molecule has 38 valence electrons. The monoisotopic (exact) mass is 1660 g/mol. The second kappa shape index (κ2) is 0.750. The Labute approximate surface area is 27.8 Å². The van der Waals surface area contributed by atoms with Gasteiger partial charge in [-0.2, -0.15) is 13.3 Å². The molecular weight excluding hydrogens is 1650 g/mol. The van der Waals surface area contributed by atoms with Crippen molar-refractivity contribution in [1.82, 2.24) is 0 Å². The molecule has 0 radical (unpaired) electrons. The first-order valence-electron chi connectivity index (χ1n) is 1.69. The van der Waals surface area contributed by atoms with Crippen molar-refractivity contribution in [3.05, 3.63) is 6.42 Å². The van der Waals surface area contributed by atoms with Gasteiger partial charge in [0.25, 0.3) is 0 Å². The summed E-state index contributed by atoms with van der Waals surface area (Å²) in [6.45, 7) is 4.18. The zero-order chi connectivity index (χ0) is 3.41. The molecule has 0 amide bonds. The Morgan fingerprint density at radius 2 is 0.900 bits per heavy atom. The van der Waals surface area contributed by atoms with Crippen molar-refractivity contribution < 1.29 is 0 Å². The maximum absolute atomic E-state index is 2.12. The fourth-order valence-corrected chi connectivity index (χ4v) is 0. The van der Waals surface area contributed by atoms with Gasteiger partial charge in [0, 0.05) is 0 Å². The molecule has 0 fully saturated rings. The third-order valence-electron chi connectivity index (χ3n) is 0.408. The second-order valence-corrected chi connectivity index (χ2v) is 0.816. The summed E-state index contributed by atoms with van der Waals surface area (Å²) in [7, 11) is 0. The predicted molar refractivity (Wildman–Crippen MR) is 20.3 cm³/mol. The molecule has 0 aromatic heterocycles. The third kappa shape index (κ3) is 0.0800. The summed E-state index contributed by atoms with van der Waals surface area (Å²) in [5.41, 5.74) is 0. The van der Waals surface area contributed by atoms with Crippen molar-refractivity contribution in [1.29, 1.82) is 0 Å². The average Bonchev–Trinajstić information content (AvgIpc) is 1.37. The topological polar surface area (TPSA) is 0 Å². The van der Waals surface area contributed by atoms with Crippen molar-refractivity contribution in [2.45, 2.75) is 20.3 Å². The third-order valence-corrected chi connectivity index (χ3v) is 0.408. The van der Waals surface area contributed by atoms with Gasteiger partial charge in [-0.15, -0.1) is 0 Å². The molecule has 0 spiro atoms. The van der Waals surface area contributed by atoms with Crippen molar-refractivity contribution >= 4 is 0 Å². The van der Waals surface area contributed by atoms with E-state index in [2.05, 4.69) is 20.3 Å². The van der Waals surface area contributed by atoms with Crippen LogP contribution in [0.3, 0.4) is 0 Å². The van der Waals surface area contributed by atoms with E-state index in [9.17, 15) is 0 Å². The van der Waals surface area contributed by atoms with Crippen molar-refractivity contribution in [2.75, 3.05) is 0 Å². The molecule has 0 saturated carbocycles. The first-order valence-corrected chi connectivity index (χ1v) is 1.69. The van der Waals surface area contributed by atoms with E-state index in [1.165, 1.54) is 6.42 Å². The van der Waals surface area contributed by atoms with Crippen LogP contribution >= 0.6 is 0 Å². The molecule has 0 aliphatic rings. The molecule has 0 aliphatic heterocycles. The fourth-order valence-electron chi connectivity index (χ4n) is 0. The van der Waals surface area contributed by atoms with Crippen molar-refractivity contribution in [3.63, 3.8) is 0 Å². The minimum Gasteiger partial charge on any atom is -0.332 e. The number of hydrogen-bond donors (Lipinski definition) is 0. The first kappa shape index (κ1) is 4.00. The molecule has 0 aliphatic carbocycles. The molecule has 0 atom stereocenters. The molecule has 0 N–H and O–H groups in total. The van der Waals surface area contributed by atoms with E-state index >= 15 is 0 Å². The molecule has 0 aromatic rings. The summed E-state index contributed by atoms with van der Waals surface area (Å²) in [5.74, 6) is 0. The zero-order valence-electron chi connectivity index (χ0n) is 7.53. The Bertz CT molecular complexity index is 11.7. The normalized spacial score (nSPS) is 3.00. The average molecular weight is 1660 g/mol. The molecule has 6 heteroatoms. The number of unbranched alkanes of at least 4 members (excludes halogenated alkanes) is 1. The molecule has 0 bridgehead atoms. The summed E-state index contributed by atoms with van der Waals surface area (Å²) in [6.07, 6.45) is 3.32. The van der Waals surface area contributed by atoms with E-state index in [-0.39, 0.29) is 0 Å². The summed E-state index contributed by atoms with van der Waals surface area (Å²) < 4.78 is 0. The number of hydrogen-bond acceptors (Lipinski definition) is 0. The predicted octanol–water partition coefficient (Wildman–Crippen LogP) is 1.62. The van der Waals surface area contributed by atoms with Crippen LogP contribution in [0.4, 0.5) is 0 Å². The van der Waals surface area contributed by atoms with Crippen LogP contribution in [0.2, 0.25) is 0 Å². The minimum absolute atomic E-state index is 0. The molecule has 0 nitrogen and oxygen atoms in total. The Morgan fingerprint density at radius 3 is 0.900 bits per heavy atom. The van der Waals surface area contributed by atoms with Gasteiger partial charge in [0.05, 0.1) is 0 Å². The molecular formula is C4H9Rf6-. The summed E-state index contributed by atoms with van der Waals surface area (Å²) in [5, 5.41) is 0. The van der Waals surface area contributed by atoms with E-state index in [0.717, 1.165) is 0 Å². The van der Waals surface area contributed by atoms with Crippen LogP contribution in [0.5, 0.6) is 0 Å². The Kier molecular flexibility index (Phi) is 0.300. The van der Waals surface area contributed by atoms with Crippen LogP contribution in [0, 0.1) is 6.42 Å². The van der Waals surface area contributed by atoms with Gasteiger partial charge >= 0.3 is 0 Å². The SMILES string of the molecule is C[CH-]CC.[Rf].[Rf].[Rf].[Rf].[Rf].[Rf]. The van der Waals surface area contributed by atoms with Crippen LogP contribution in [0.25, 0.3) is 0 Å². The van der Waals surface area contributed by atoms with Gasteiger partial charge in [-0.3, -0.25) is 0 Å². The summed E-state index contributed by atoms with van der Waals surface area (Å²) in [4.78, 5) is 0. The van der Waals surface area contributed by atoms with Crippen LogP contribution in [-0.2, 0) is 0 Å². The second-order valence-electron chi connectivity index (χ2n) is 0.816. The van der Waals surface area contributed by atoms with Crippen molar-refractivity contribution in [2.24, 2.45) is 0 Å². The van der Waals surface area contributed by atoms with Gasteiger partial charge < -0.3 is 6.42 Å². The molecule has 0 rings (SSSR count). The van der Waals surface area contributed by atoms with Crippen molar-refractivity contribution in [3.8, 4) is 0 Å². The zero-order valence-corrected chi connectivity index (χ0v) is 45.9. The van der Waals surface area contributed by atoms with Gasteiger partial charge in [-0.05, 0) is 0 Å². The maximum atomic E-state index is 2.12. The Morgan fingerprint density at radius 1 is 0.800 bits per heavy atom. The van der Waals surface area contributed by atoms with E-state index in [0.29, 0.717) is 0 Å². The van der Waals surface area contributed by atoms with Crippen LogP contribution in [0.15, 0.2) is 0 Å². The van der Waals surface area contributed by atoms with Gasteiger partial charge in [-0.1, -0.05) is 6.92 Å². The molecule has 0 aromatic carbocycles. The van der Waals surface area contributed by atoms with E-state index in [1.807, 2.05) is 0 Å². The van der Waals surface area contributed by atoms with Gasteiger partial charge in [0.2, 0.25) is 0 Å². The minimum atomic E-state index is 0. The summed E-state index contributed by atoms with van der Waals surface area (Å²) >= 11 is 0. The smallest absolute Gasteiger partial charge is 0 e. The van der Waals surface area contributed by atoms with Crippen LogP contribution in [0.1, 0.15) is 20.3 Å². The quantitative estimate of drug-likeness (QED) is 0.351. The van der Waals surface area contributed by atoms with E-state index in [1.54, 1.807) is 0 Å². The molecule has 0 heterocycles. The Balaban J connectivity index is -0.00000000300. The van der Waals surface area contributed by atoms with Gasteiger partial charge in [0.15, 0.2) is 0 Å². The van der Waals surface area contributed by atoms with Gasteiger partial charge in [-0.25, -0.2) is 0 Å². The van der Waals surface area contributed by atoms with Gasteiger partial charge in [0.1, 0.15) is 0 Å². The standard InChI is InChI=1S/C4H9.6Rf/c1-3-4-2;;;;;;/h3H,4H2,1-2H3;;;;;;/q-1;;;;;;. The Hall–Kier alpha value is -6.00.